The Morgan fingerprint density at radius 1 is 1.07 bits per heavy atom. The van der Waals surface area contributed by atoms with Crippen molar-refractivity contribution in [2.24, 2.45) is 5.14 Å². The van der Waals surface area contributed by atoms with Crippen molar-refractivity contribution in [1.82, 2.24) is 4.98 Å². The Bertz CT molecular complexity index is 1070. The van der Waals surface area contributed by atoms with Crippen LogP contribution in [0, 0.1) is 0 Å². The van der Waals surface area contributed by atoms with Crippen molar-refractivity contribution in [2.45, 2.75) is 31.1 Å². The minimum absolute atomic E-state index is 0.0284. The first-order valence-electron chi connectivity index (χ1n) is 9.22. The molecule has 0 unspecified atom stereocenters. The van der Waals surface area contributed by atoms with Crippen molar-refractivity contribution in [3.63, 3.8) is 0 Å². The molecule has 1 aromatic heterocycles. The highest BCUT2D eigenvalue weighted by Gasteiger charge is 2.18. The fraction of sp³-hybridized carbons (Fsp3) is 0.238. The van der Waals surface area contributed by atoms with Crippen molar-refractivity contribution < 1.29 is 22.4 Å². The molecule has 0 bridgehead atoms. The minimum Gasteiger partial charge on any atom is -0.466 e. The summed E-state index contributed by atoms with van der Waals surface area (Å²) < 4.78 is 33.9. The number of rotatable bonds is 8. The third kappa shape index (κ3) is 5.30. The third-order valence-corrected chi connectivity index (χ3v) is 5.17. The maximum atomic E-state index is 11.5. The normalized spacial score (nSPS) is 11.4. The van der Waals surface area contributed by atoms with Crippen LogP contribution >= 0.6 is 0 Å². The Morgan fingerprint density at radius 3 is 2.38 bits per heavy atom. The smallest absolute Gasteiger partial charge is 0.305 e. The third-order valence-electron chi connectivity index (χ3n) is 4.24. The summed E-state index contributed by atoms with van der Waals surface area (Å²) in [5, 5.41) is 5.17. The van der Waals surface area contributed by atoms with Crippen LogP contribution in [0.2, 0.25) is 0 Å². The molecule has 2 N–H and O–H groups in total. The molecule has 3 aromatic rings. The van der Waals surface area contributed by atoms with Crippen molar-refractivity contribution in [2.75, 3.05) is 6.61 Å². The lowest BCUT2D eigenvalue weighted by Crippen LogP contribution is -2.11. The number of aryl methyl sites for hydroxylation is 1. The second-order valence-electron chi connectivity index (χ2n) is 6.38. The number of esters is 1. The standard InChI is InChI=1S/C21H22N2O5S/c1-2-27-19(24)10-6-9-18-23-20(21(28-18)16-7-4-3-5-8-16)15-11-13-17(14-12-15)29(22,25)26/h3-5,7-8,11-14H,2,6,9-10H2,1H3,(H2,22,25,26). The summed E-state index contributed by atoms with van der Waals surface area (Å²) in [6.07, 6.45) is 1.32. The van der Waals surface area contributed by atoms with E-state index in [4.69, 9.17) is 14.3 Å². The van der Waals surface area contributed by atoms with Crippen LogP contribution < -0.4 is 5.14 Å². The molecule has 0 atom stereocenters. The summed E-state index contributed by atoms with van der Waals surface area (Å²) in [4.78, 5) is 16.1. The Morgan fingerprint density at radius 2 is 1.76 bits per heavy atom. The molecular formula is C21H22N2O5S. The van der Waals surface area contributed by atoms with Gasteiger partial charge in [0.2, 0.25) is 10.0 Å². The number of sulfonamides is 1. The lowest BCUT2D eigenvalue weighted by Gasteiger charge is -2.03. The summed E-state index contributed by atoms with van der Waals surface area (Å²) in [7, 11) is -3.77. The lowest BCUT2D eigenvalue weighted by atomic mass is 10.1. The molecule has 152 valence electrons. The number of aromatic nitrogens is 1. The highest BCUT2D eigenvalue weighted by Crippen LogP contribution is 2.33. The average molecular weight is 414 g/mol. The molecule has 29 heavy (non-hydrogen) atoms. The van der Waals surface area contributed by atoms with E-state index in [1.165, 1.54) is 12.1 Å². The van der Waals surface area contributed by atoms with Crippen molar-refractivity contribution >= 4 is 16.0 Å². The zero-order chi connectivity index (χ0) is 20.9. The number of carbonyl (C=O) groups is 1. The number of oxazole rings is 1. The van der Waals surface area contributed by atoms with E-state index in [0.717, 1.165) is 5.56 Å². The molecule has 0 spiro atoms. The first-order chi connectivity index (χ1) is 13.9. The zero-order valence-corrected chi connectivity index (χ0v) is 16.8. The molecule has 0 amide bonds. The second-order valence-corrected chi connectivity index (χ2v) is 7.94. The SMILES string of the molecule is CCOC(=O)CCCc1nc(-c2ccc(S(N)(=O)=O)cc2)c(-c2ccccc2)o1. The summed E-state index contributed by atoms with van der Waals surface area (Å²) in [5.74, 6) is 0.833. The second kappa shape index (κ2) is 9.02. The summed E-state index contributed by atoms with van der Waals surface area (Å²) in [5.41, 5.74) is 2.15. The molecule has 1 heterocycles. The van der Waals surface area contributed by atoms with Gasteiger partial charge in [0.15, 0.2) is 11.7 Å². The van der Waals surface area contributed by atoms with Gasteiger partial charge in [0.05, 0.1) is 11.5 Å². The van der Waals surface area contributed by atoms with Crippen LogP contribution in [-0.4, -0.2) is 26.0 Å². The Labute approximate surface area is 169 Å². The molecule has 0 aliphatic heterocycles. The van der Waals surface area contributed by atoms with E-state index < -0.39 is 10.0 Å². The van der Waals surface area contributed by atoms with Crippen LogP contribution in [-0.2, 0) is 26.0 Å². The molecular weight excluding hydrogens is 392 g/mol. The molecule has 7 nitrogen and oxygen atoms in total. The van der Waals surface area contributed by atoms with E-state index in [-0.39, 0.29) is 17.3 Å². The van der Waals surface area contributed by atoms with Crippen LogP contribution in [0.4, 0.5) is 0 Å². The van der Waals surface area contributed by atoms with Crippen LogP contribution in [0.3, 0.4) is 0 Å². The van der Waals surface area contributed by atoms with Gasteiger partial charge in [0, 0.05) is 24.0 Å². The average Bonchev–Trinajstić information content (AvgIpc) is 3.12. The first kappa shape index (κ1) is 20.8. The zero-order valence-electron chi connectivity index (χ0n) is 16.0. The monoisotopic (exact) mass is 414 g/mol. The van der Waals surface area contributed by atoms with Gasteiger partial charge < -0.3 is 9.15 Å². The Balaban J connectivity index is 1.90. The van der Waals surface area contributed by atoms with E-state index in [1.807, 2.05) is 30.3 Å². The lowest BCUT2D eigenvalue weighted by molar-refractivity contribution is -0.143. The molecule has 0 aliphatic carbocycles. The minimum atomic E-state index is -3.77. The van der Waals surface area contributed by atoms with Gasteiger partial charge in [-0.2, -0.15) is 0 Å². The molecule has 2 aromatic carbocycles. The molecule has 0 saturated heterocycles. The molecule has 0 aliphatic rings. The predicted octanol–water partition coefficient (Wildman–Crippen LogP) is 3.54. The van der Waals surface area contributed by atoms with Gasteiger partial charge in [-0.05, 0) is 25.5 Å². The van der Waals surface area contributed by atoms with E-state index in [0.29, 0.717) is 42.4 Å². The van der Waals surface area contributed by atoms with Crippen LogP contribution in [0.5, 0.6) is 0 Å². The number of nitrogens with two attached hydrogens (primary N) is 1. The Kier molecular flexibility index (Phi) is 6.46. The number of benzene rings is 2. The van der Waals surface area contributed by atoms with Crippen molar-refractivity contribution in [3.8, 4) is 22.6 Å². The predicted molar refractivity (Wildman–Crippen MR) is 108 cm³/mol. The maximum absolute atomic E-state index is 11.5. The summed E-state index contributed by atoms with van der Waals surface area (Å²) in [6.45, 7) is 2.13. The van der Waals surface area contributed by atoms with Gasteiger partial charge in [0.1, 0.15) is 5.69 Å². The molecule has 0 fully saturated rings. The molecule has 0 radical (unpaired) electrons. The number of hydrogen-bond donors (Lipinski definition) is 1. The number of hydrogen-bond acceptors (Lipinski definition) is 6. The molecule has 3 rings (SSSR count). The number of ether oxygens (including phenoxy) is 1. The van der Waals surface area contributed by atoms with Crippen molar-refractivity contribution in [3.05, 3.63) is 60.5 Å². The quantitative estimate of drug-likeness (QED) is 0.564. The van der Waals surface area contributed by atoms with E-state index >= 15 is 0 Å². The number of primary sulfonamides is 1. The van der Waals surface area contributed by atoms with Crippen LogP contribution in [0.15, 0.2) is 63.9 Å². The maximum Gasteiger partial charge on any atom is 0.305 e. The summed E-state index contributed by atoms with van der Waals surface area (Å²) in [6, 6.07) is 15.7. The topological polar surface area (TPSA) is 112 Å². The van der Waals surface area contributed by atoms with Gasteiger partial charge >= 0.3 is 5.97 Å². The summed E-state index contributed by atoms with van der Waals surface area (Å²) >= 11 is 0. The van der Waals surface area contributed by atoms with Gasteiger partial charge in [-0.1, -0.05) is 42.5 Å². The van der Waals surface area contributed by atoms with Crippen molar-refractivity contribution in [1.29, 1.82) is 0 Å². The van der Waals surface area contributed by atoms with Gasteiger partial charge in [-0.15, -0.1) is 0 Å². The van der Waals surface area contributed by atoms with Crippen LogP contribution in [0.1, 0.15) is 25.7 Å². The Hall–Kier alpha value is -2.97. The fourth-order valence-corrected chi connectivity index (χ4v) is 3.39. The number of nitrogens with zero attached hydrogens (tertiary/aromatic N) is 1. The van der Waals surface area contributed by atoms with Gasteiger partial charge in [-0.3, -0.25) is 4.79 Å². The fourth-order valence-electron chi connectivity index (χ4n) is 2.87. The van der Waals surface area contributed by atoms with E-state index in [9.17, 15) is 13.2 Å². The van der Waals surface area contributed by atoms with E-state index in [2.05, 4.69) is 4.98 Å². The highest BCUT2D eigenvalue weighted by atomic mass is 32.2. The highest BCUT2D eigenvalue weighted by molar-refractivity contribution is 7.89. The number of carbonyl (C=O) groups excluding carboxylic acids is 1. The van der Waals surface area contributed by atoms with E-state index in [1.54, 1.807) is 19.1 Å². The molecule has 0 saturated carbocycles. The molecule has 8 heteroatoms. The van der Waals surface area contributed by atoms with Gasteiger partial charge in [0.25, 0.3) is 0 Å². The van der Waals surface area contributed by atoms with Gasteiger partial charge in [-0.25, -0.2) is 18.5 Å². The van der Waals surface area contributed by atoms with Crippen LogP contribution in [0.25, 0.3) is 22.6 Å². The first-order valence-corrected chi connectivity index (χ1v) is 10.8. The largest absolute Gasteiger partial charge is 0.466 e.